The average Bonchev–Trinajstić information content (AvgIpc) is 2.41. The van der Waals surface area contributed by atoms with Gasteiger partial charge in [-0.15, -0.1) is 11.8 Å². The van der Waals surface area contributed by atoms with Crippen LogP contribution in [-0.4, -0.2) is 11.3 Å². The van der Waals surface area contributed by atoms with Crippen molar-refractivity contribution < 1.29 is 0 Å². The predicted molar refractivity (Wildman–Crippen MR) is 80.0 cm³/mol. The van der Waals surface area contributed by atoms with E-state index in [0.29, 0.717) is 11.3 Å². The molecule has 1 saturated carbocycles. The topological polar surface area (TPSA) is 26.0 Å². The first kappa shape index (κ1) is 12.1. The molecule has 0 spiro atoms. The van der Waals surface area contributed by atoms with E-state index in [4.69, 9.17) is 5.73 Å². The summed E-state index contributed by atoms with van der Waals surface area (Å²) in [6.07, 6.45) is 5.08. The second-order valence-corrected chi connectivity index (χ2v) is 6.43. The van der Waals surface area contributed by atoms with Gasteiger partial charge in [0, 0.05) is 16.2 Å². The summed E-state index contributed by atoms with van der Waals surface area (Å²) < 4.78 is 0. The number of nitrogens with two attached hydrogens (primary N) is 1. The Morgan fingerprint density at radius 1 is 0.944 bits per heavy atom. The molecule has 1 fully saturated rings. The Hall–Kier alpha value is -0.990. The molecule has 0 radical (unpaired) electrons. The molecule has 2 atom stereocenters. The Bertz CT molecular complexity index is 537. The van der Waals surface area contributed by atoms with Gasteiger partial charge in [0.25, 0.3) is 0 Å². The molecule has 2 aromatic carbocycles. The summed E-state index contributed by atoms with van der Waals surface area (Å²) in [5.74, 6) is 0. The third kappa shape index (κ3) is 2.55. The highest BCUT2D eigenvalue weighted by Crippen LogP contribution is 2.34. The van der Waals surface area contributed by atoms with Gasteiger partial charge in [0.15, 0.2) is 0 Å². The Labute approximate surface area is 113 Å². The van der Waals surface area contributed by atoms with Crippen molar-refractivity contribution in [2.75, 3.05) is 0 Å². The molecule has 2 N–H and O–H groups in total. The molecule has 0 heterocycles. The minimum absolute atomic E-state index is 0.371. The number of benzene rings is 2. The fourth-order valence-corrected chi connectivity index (χ4v) is 3.97. The summed E-state index contributed by atoms with van der Waals surface area (Å²) in [6.45, 7) is 0. The van der Waals surface area contributed by atoms with Crippen LogP contribution in [0.15, 0.2) is 47.4 Å². The largest absolute Gasteiger partial charge is 0.327 e. The normalized spacial score (nSPS) is 24.3. The van der Waals surface area contributed by atoms with E-state index in [9.17, 15) is 0 Å². The summed E-state index contributed by atoms with van der Waals surface area (Å²) in [6, 6.07) is 15.6. The third-order valence-corrected chi connectivity index (χ3v) is 5.18. The smallest absolute Gasteiger partial charge is 0.0246 e. The lowest BCUT2D eigenvalue weighted by molar-refractivity contribution is 0.453. The predicted octanol–water partition coefficient (Wildman–Crippen LogP) is 4.20. The van der Waals surface area contributed by atoms with Crippen LogP contribution in [0.4, 0.5) is 0 Å². The first-order valence-electron chi connectivity index (χ1n) is 6.74. The van der Waals surface area contributed by atoms with E-state index < -0.39 is 0 Å². The lowest BCUT2D eigenvalue weighted by Gasteiger charge is -2.28. The highest BCUT2D eigenvalue weighted by Gasteiger charge is 2.22. The quantitative estimate of drug-likeness (QED) is 0.872. The van der Waals surface area contributed by atoms with Gasteiger partial charge in [-0.2, -0.15) is 0 Å². The molecule has 94 valence electrons. The summed E-state index contributed by atoms with van der Waals surface area (Å²) in [5.41, 5.74) is 6.22. The van der Waals surface area contributed by atoms with E-state index in [1.807, 2.05) is 11.8 Å². The minimum atomic E-state index is 0.371. The Kier molecular flexibility index (Phi) is 3.57. The molecular formula is C16H19NS. The van der Waals surface area contributed by atoms with Crippen molar-refractivity contribution in [1.82, 2.24) is 0 Å². The fraction of sp³-hybridized carbons (Fsp3) is 0.375. The highest BCUT2D eigenvalue weighted by atomic mass is 32.2. The van der Waals surface area contributed by atoms with Crippen molar-refractivity contribution in [3.63, 3.8) is 0 Å². The van der Waals surface area contributed by atoms with Crippen molar-refractivity contribution >= 4 is 22.5 Å². The summed E-state index contributed by atoms with van der Waals surface area (Å²) in [5, 5.41) is 3.24. The van der Waals surface area contributed by atoms with Crippen molar-refractivity contribution in [2.45, 2.75) is 41.9 Å². The molecule has 0 bridgehead atoms. The second-order valence-electron chi connectivity index (χ2n) is 5.11. The van der Waals surface area contributed by atoms with E-state index in [0.717, 1.165) is 0 Å². The van der Waals surface area contributed by atoms with Gasteiger partial charge < -0.3 is 5.73 Å². The average molecular weight is 257 g/mol. The summed E-state index contributed by atoms with van der Waals surface area (Å²) in [4.78, 5) is 1.36. The number of hydrogen-bond acceptors (Lipinski definition) is 2. The number of thioether (sulfide) groups is 1. The van der Waals surface area contributed by atoms with Crippen LogP contribution < -0.4 is 5.73 Å². The zero-order chi connectivity index (χ0) is 12.4. The molecule has 1 nitrogen and oxygen atoms in total. The molecule has 0 aromatic heterocycles. The highest BCUT2D eigenvalue weighted by molar-refractivity contribution is 8.00. The Morgan fingerprint density at radius 2 is 1.72 bits per heavy atom. The lowest BCUT2D eigenvalue weighted by Crippen LogP contribution is -2.35. The maximum absolute atomic E-state index is 6.22. The number of rotatable bonds is 2. The van der Waals surface area contributed by atoms with Crippen LogP contribution in [0.3, 0.4) is 0 Å². The van der Waals surface area contributed by atoms with Crippen molar-refractivity contribution in [3.05, 3.63) is 42.5 Å². The molecular weight excluding hydrogens is 238 g/mol. The molecule has 3 rings (SSSR count). The molecule has 2 aromatic rings. The zero-order valence-corrected chi connectivity index (χ0v) is 11.3. The Morgan fingerprint density at radius 3 is 2.56 bits per heavy atom. The molecule has 2 heteroatoms. The minimum Gasteiger partial charge on any atom is -0.327 e. The van der Waals surface area contributed by atoms with Crippen LogP contribution >= 0.6 is 11.8 Å². The lowest BCUT2D eigenvalue weighted by atomic mass is 9.96. The van der Waals surface area contributed by atoms with Crippen LogP contribution in [-0.2, 0) is 0 Å². The van der Waals surface area contributed by atoms with Gasteiger partial charge >= 0.3 is 0 Å². The Balaban J connectivity index is 1.81. The number of fused-ring (bicyclic) bond motifs is 1. The summed E-state index contributed by atoms with van der Waals surface area (Å²) in [7, 11) is 0. The standard InChI is InChI=1S/C16H19NS/c17-15-7-3-4-8-16(15)18-14-10-9-12-5-1-2-6-13(12)11-14/h1-2,5-6,9-11,15-16H,3-4,7-8,17H2. The van der Waals surface area contributed by atoms with Gasteiger partial charge in [-0.05, 0) is 35.7 Å². The maximum Gasteiger partial charge on any atom is 0.0246 e. The zero-order valence-electron chi connectivity index (χ0n) is 10.5. The monoisotopic (exact) mass is 257 g/mol. The van der Waals surface area contributed by atoms with Crippen molar-refractivity contribution in [3.8, 4) is 0 Å². The van der Waals surface area contributed by atoms with Crippen LogP contribution in [0.25, 0.3) is 10.8 Å². The fourth-order valence-electron chi connectivity index (χ4n) is 2.69. The summed E-state index contributed by atoms with van der Waals surface area (Å²) >= 11 is 1.96. The molecule has 1 aliphatic rings. The van der Waals surface area contributed by atoms with Crippen LogP contribution in [0.1, 0.15) is 25.7 Å². The molecule has 18 heavy (non-hydrogen) atoms. The molecule has 2 unspecified atom stereocenters. The first-order chi connectivity index (χ1) is 8.83. The van der Waals surface area contributed by atoms with Gasteiger partial charge in [0.1, 0.15) is 0 Å². The van der Waals surface area contributed by atoms with Crippen molar-refractivity contribution in [1.29, 1.82) is 0 Å². The second kappa shape index (κ2) is 5.33. The maximum atomic E-state index is 6.22. The van der Waals surface area contributed by atoms with E-state index in [1.54, 1.807) is 0 Å². The van der Waals surface area contributed by atoms with Gasteiger partial charge in [-0.3, -0.25) is 0 Å². The van der Waals surface area contributed by atoms with E-state index in [2.05, 4.69) is 42.5 Å². The van der Waals surface area contributed by atoms with Gasteiger partial charge in [0.2, 0.25) is 0 Å². The SMILES string of the molecule is NC1CCCCC1Sc1ccc2ccccc2c1. The van der Waals surface area contributed by atoms with Gasteiger partial charge in [0.05, 0.1) is 0 Å². The molecule has 0 amide bonds. The van der Waals surface area contributed by atoms with Crippen LogP contribution in [0, 0.1) is 0 Å². The third-order valence-electron chi connectivity index (χ3n) is 3.76. The van der Waals surface area contributed by atoms with Gasteiger partial charge in [-0.25, -0.2) is 0 Å². The molecule has 0 aliphatic heterocycles. The van der Waals surface area contributed by atoms with Crippen LogP contribution in [0.2, 0.25) is 0 Å². The van der Waals surface area contributed by atoms with E-state index in [1.165, 1.54) is 41.4 Å². The van der Waals surface area contributed by atoms with Crippen molar-refractivity contribution in [2.24, 2.45) is 5.73 Å². The molecule has 0 saturated heterocycles. The van der Waals surface area contributed by atoms with Gasteiger partial charge in [-0.1, -0.05) is 43.2 Å². The molecule has 1 aliphatic carbocycles. The number of hydrogen-bond donors (Lipinski definition) is 1. The van der Waals surface area contributed by atoms with E-state index >= 15 is 0 Å². The van der Waals surface area contributed by atoms with Crippen LogP contribution in [0.5, 0.6) is 0 Å². The van der Waals surface area contributed by atoms with E-state index in [-0.39, 0.29) is 0 Å². The first-order valence-corrected chi connectivity index (χ1v) is 7.62.